The molecule has 0 saturated heterocycles. The first-order chi connectivity index (χ1) is 18.7. The summed E-state index contributed by atoms with van der Waals surface area (Å²) in [6.07, 6.45) is 0.0388. The van der Waals surface area contributed by atoms with Gasteiger partial charge in [0.2, 0.25) is 5.91 Å². The van der Waals surface area contributed by atoms with E-state index in [1.807, 2.05) is 37.3 Å². The van der Waals surface area contributed by atoms with Gasteiger partial charge in [-0.2, -0.15) is 0 Å². The first-order valence-electron chi connectivity index (χ1n) is 12.1. The summed E-state index contributed by atoms with van der Waals surface area (Å²) >= 11 is 2.57. The maximum absolute atomic E-state index is 13.3. The summed E-state index contributed by atoms with van der Waals surface area (Å²) in [5.41, 5.74) is 2.71. The van der Waals surface area contributed by atoms with Crippen molar-refractivity contribution in [2.45, 2.75) is 35.3 Å². The van der Waals surface area contributed by atoms with Crippen molar-refractivity contribution in [3.63, 3.8) is 0 Å². The standard InChI is InChI=1S/C28H27N3O5S3/c1-3-36-25(32)17-22-18-37-28(29-22)30-27(33)26(20-7-5-4-6-8-20)38-23-13-11-21(12-14-23)31-39(34,35)24-15-9-19(2)10-16-24/h4-16,18,26,31H,3,17H2,1-2H3,(H,29,30,33). The highest BCUT2D eigenvalue weighted by molar-refractivity contribution is 8.00. The van der Waals surface area contributed by atoms with Gasteiger partial charge in [0.1, 0.15) is 5.25 Å². The van der Waals surface area contributed by atoms with E-state index in [4.69, 9.17) is 4.74 Å². The number of nitrogens with one attached hydrogen (secondary N) is 2. The van der Waals surface area contributed by atoms with Crippen LogP contribution in [0.5, 0.6) is 0 Å². The highest BCUT2D eigenvalue weighted by atomic mass is 32.2. The second-order valence-corrected chi connectivity index (χ2v) is 12.2. The number of aryl methyl sites for hydroxylation is 1. The Hall–Kier alpha value is -3.67. The summed E-state index contributed by atoms with van der Waals surface area (Å²) < 4.78 is 33.0. The fourth-order valence-electron chi connectivity index (χ4n) is 3.55. The molecule has 0 saturated carbocycles. The van der Waals surface area contributed by atoms with Gasteiger partial charge in [0.25, 0.3) is 10.0 Å². The Bertz CT molecular complexity index is 1520. The van der Waals surface area contributed by atoms with Crippen molar-refractivity contribution in [2.75, 3.05) is 16.6 Å². The molecule has 4 rings (SSSR count). The first-order valence-corrected chi connectivity index (χ1v) is 15.3. The number of benzene rings is 3. The number of carbonyl (C=O) groups is 2. The molecule has 39 heavy (non-hydrogen) atoms. The highest BCUT2D eigenvalue weighted by Gasteiger charge is 2.23. The van der Waals surface area contributed by atoms with Crippen LogP contribution in [0.1, 0.15) is 29.0 Å². The number of esters is 1. The van der Waals surface area contributed by atoms with Gasteiger partial charge in [-0.3, -0.25) is 14.3 Å². The average molecular weight is 582 g/mol. The Morgan fingerprint density at radius 2 is 1.69 bits per heavy atom. The normalized spacial score (nSPS) is 11.9. The average Bonchev–Trinajstić information content (AvgIpc) is 3.35. The molecule has 1 heterocycles. The van der Waals surface area contributed by atoms with E-state index in [0.717, 1.165) is 16.0 Å². The molecular weight excluding hydrogens is 555 g/mol. The van der Waals surface area contributed by atoms with Crippen LogP contribution in [0.25, 0.3) is 0 Å². The van der Waals surface area contributed by atoms with E-state index >= 15 is 0 Å². The minimum absolute atomic E-state index is 0.0388. The molecule has 0 aliphatic carbocycles. The summed E-state index contributed by atoms with van der Waals surface area (Å²) in [5, 5.41) is 4.36. The third-order valence-electron chi connectivity index (χ3n) is 5.44. The zero-order chi connectivity index (χ0) is 27.8. The zero-order valence-electron chi connectivity index (χ0n) is 21.3. The van der Waals surface area contributed by atoms with Crippen molar-refractivity contribution in [1.29, 1.82) is 0 Å². The number of nitrogens with zero attached hydrogens (tertiary/aromatic N) is 1. The number of ether oxygens (including phenoxy) is 1. The molecule has 1 aromatic heterocycles. The second-order valence-electron chi connectivity index (χ2n) is 8.47. The number of anilines is 2. The molecule has 4 aromatic rings. The van der Waals surface area contributed by atoms with Crippen LogP contribution in [0.2, 0.25) is 0 Å². The van der Waals surface area contributed by atoms with Gasteiger partial charge >= 0.3 is 5.97 Å². The molecule has 0 bridgehead atoms. The molecule has 0 radical (unpaired) electrons. The number of hydrogen-bond donors (Lipinski definition) is 2. The lowest BCUT2D eigenvalue weighted by atomic mass is 10.1. The van der Waals surface area contributed by atoms with Gasteiger partial charge < -0.3 is 10.1 Å². The van der Waals surface area contributed by atoms with Crippen LogP contribution in [-0.2, 0) is 30.8 Å². The number of aromatic nitrogens is 1. The number of thiazole rings is 1. The Balaban J connectivity index is 1.46. The fourth-order valence-corrected chi connectivity index (χ4v) is 6.34. The molecule has 1 atom stereocenters. The van der Waals surface area contributed by atoms with Crippen molar-refractivity contribution in [2.24, 2.45) is 0 Å². The molecule has 8 nitrogen and oxygen atoms in total. The van der Waals surface area contributed by atoms with Crippen molar-refractivity contribution >= 4 is 55.8 Å². The summed E-state index contributed by atoms with van der Waals surface area (Å²) in [6, 6.07) is 22.8. The van der Waals surface area contributed by atoms with Crippen LogP contribution >= 0.6 is 23.1 Å². The Morgan fingerprint density at radius 3 is 2.36 bits per heavy atom. The minimum Gasteiger partial charge on any atom is -0.466 e. The van der Waals surface area contributed by atoms with Crippen LogP contribution in [0.4, 0.5) is 10.8 Å². The van der Waals surface area contributed by atoms with Gasteiger partial charge in [0, 0.05) is 16.0 Å². The van der Waals surface area contributed by atoms with E-state index in [-0.39, 0.29) is 23.2 Å². The third kappa shape index (κ3) is 7.92. The van der Waals surface area contributed by atoms with E-state index in [0.29, 0.717) is 23.1 Å². The maximum Gasteiger partial charge on any atom is 0.311 e. The van der Waals surface area contributed by atoms with Gasteiger partial charge in [-0.25, -0.2) is 13.4 Å². The Kier molecular flexibility index (Phi) is 9.39. The predicted octanol–water partition coefficient (Wildman–Crippen LogP) is 5.83. The van der Waals surface area contributed by atoms with E-state index in [1.165, 1.54) is 23.1 Å². The zero-order valence-corrected chi connectivity index (χ0v) is 23.7. The SMILES string of the molecule is CCOC(=O)Cc1csc(NC(=O)C(Sc2ccc(NS(=O)(=O)c3ccc(C)cc3)cc2)c2ccccc2)n1. The van der Waals surface area contributed by atoms with Crippen LogP contribution < -0.4 is 10.0 Å². The molecule has 2 N–H and O–H groups in total. The molecule has 0 fully saturated rings. The van der Waals surface area contributed by atoms with Crippen LogP contribution in [0.3, 0.4) is 0 Å². The molecular formula is C28H27N3O5S3. The van der Waals surface area contributed by atoms with Gasteiger partial charge in [0.15, 0.2) is 5.13 Å². The quantitative estimate of drug-likeness (QED) is 0.169. The van der Waals surface area contributed by atoms with Crippen molar-refractivity contribution in [3.05, 3.63) is 101 Å². The molecule has 1 unspecified atom stereocenters. The van der Waals surface area contributed by atoms with E-state index in [1.54, 1.807) is 60.8 Å². The smallest absolute Gasteiger partial charge is 0.311 e. The van der Waals surface area contributed by atoms with Gasteiger partial charge in [-0.1, -0.05) is 48.0 Å². The molecule has 0 aliphatic heterocycles. The predicted molar refractivity (Wildman–Crippen MR) is 155 cm³/mol. The van der Waals surface area contributed by atoms with Crippen LogP contribution in [-0.4, -0.2) is 31.9 Å². The molecule has 11 heteroatoms. The first kappa shape index (κ1) is 28.3. The number of carbonyl (C=O) groups excluding carboxylic acids is 2. The largest absolute Gasteiger partial charge is 0.466 e. The highest BCUT2D eigenvalue weighted by Crippen LogP contribution is 2.37. The lowest BCUT2D eigenvalue weighted by Crippen LogP contribution is -2.19. The number of amides is 1. The number of sulfonamides is 1. The van der Waals surface area contributed by atoms with Crippen molar-refractivity contribution in [3.8, 4) is 0 Å². The van der Waals surface area contributed by atoms with E-state index in [2.05, 4.69) is 15.0 Å². The van der Waals surface area contributed by atoms with Crippen molar-refractivity contribution < 1.29 is 22.7 Å². The van der Waals surface area contributed by atoms with Crippen LogP contribution in [0, 0.1) is 6.92 Å². The van der Waals surface area contributed by atoms with Gasteiger partial charge in [-0.15, -0.1) is 23.1 Å². The van der Waals surface area contributed by atoms with E-state index < -0.39 is 15.3 Å². The molecule has 1 amide bonds. The van der Waals surface area contributed by atoms with Gasteiger partial charge in [0.05, 0.1) is 23.6 Å². The molecule has 3 aromatic carbocycles. The summed E-state index contributed by atoms with van der Waals surface area (Å²) in [6.45, 7) is 3.93. The summed E-state index contributed by atoms with van der Waals surface area (Å²) in [7, 11) is -3.72. The van der Waals surface area contributed by atoms with Crippen LogP contribution in [0.15, 0.2) is 94.0 Å². The molecule has 0 spiro atoms. The topological polar surface area (TPSA) is 114 Å². The fraction of sp³-hybridized carbons (Fsp3) is 0.179. The minimum atomic E-state index is -3.72. The summed E-state index contributed by atoms with van der Waals surface area (Å²) in [5.74, 6) is -0.643. The lowest BCUT2D eigenvalue weighted by molar-refractivity contribution is -0.142. The maximum atomic E-state index is 13.3. The molecule has 202 valence electrons. The van der Waals surface area contributed by atoms with Gasteiger partial charge in [-0.05, 0) is 55.8 Å². The monoisotopic (exact) mass is 581 g/mol. The molecule has 0 aliphatic rings. The van der Waals surface area contributed by atoms with E-state index in [9.17, 15) is 18.0 Å². The number of hydrogen-bond acceptors (Lipinski definition) is 8. The number of rotatable bonds is 11. The Labute approximate surface area is 235 Å². The van der Waals surface area contributed by atoms with Crippen molar-refractivity contribution in [1.82, 2.24) is 4.98 Å². The lowest BCUT2D eigenvalue weighted by Gasteiger charge is -2.16. The summed E-state index contributed by atoms with van der Waals surface area (Å²) in [4.78, 5) is 30.4. The third-order valence-corrected chi connectivity index (χ3v) is 8.91. The Morgan fingerprint density at radius 1 is 1.00 bits per heavy atom. The second kappa shape index (κ2) is 12.9. The number of thioether (sulfide) groups is 1.